The Morgan fingerprint density at radius 3 is 2.28 bits per heavy atom. The fourth-order valence-electron chi connectivity index (χ4n) is 3.35. The molecule has 0 aliphatic carbocycles. The van der Waals surface area contributed by atoms with Gasteiger partial charge in [-0.1, -0.05) is 37.8 Å². The molecule has 0 unspecified atom stereocenters. The first-order chi connectivity index (χ1) is 13.8. The van der Waals surface area contributed by atoms with E-state index in [-0.39, 0.29) is 11.3 Å². The minimum absolute atomic E-state index is 0.00601. The smallest absolute Gasteiger partial charge is 0.305 e. The maximum atomic E-state index is 13.4. The Morgan fingerprint density at radius 1 is 1.07 bits per heavy atom. The van der Waals surface area contributed by atoms with Crippen molar-refractivity contribution in [3.8, 4) is 5.75 Å². The number of esters is 2. The lowest BCUT2D eigenvalue weighted by Gasteiger charge is -2.22. The lowest BCUT2D eigenvalue weighted by atomic mass is 10.1. The SMILES string of the molecule is CCCCCCn1c(=O)c(C(OC(C)=O)OC(C)=O)c(OC)c2cc(C)ccc21. The van der Waals surface area contributed by atoms with Gasteiger partial charge in [0, 0.05) is 25.8 Å². The van der Waals surface area contributed by atoms with E-state index in [1.807, 2.05) is 25.1 Å². The van der Waals surface area contributed by atoms with Crippen LogP contribution >= 0.6 is 0 Å². The number of pyridine rings is 1. The third kappa shape index (κ3) is 5.37. The molecule has 0 bridgehead atoms. The summed E-state index contributed by atoms with van der Waals surface area (Å²) in [6, 6.07) is 5.71. The van der Waals surface area contributed by atoms with Gasteiger partial charge in [-0.2, -0.15) is 0 Å². The molecule has 2 rings (SSSR count). The maximum absolute atomic E-state index is 13.4. The Kier molecular flexibility index (Phi) is 7.82. The number of hydrogen-bond donors (Lipinski definition) is 0. The Hall–Kier alpha value is -2.83. The van der Waals surface area contributed by atoms with E-state index >= 15 is 0 Å². The van der Waals surface area contributed by atoms with Gasteiger partial charge >= 0.3 is 11.9 Å². The molecule has 1 heterocycles. The van der Waals surface area contributed by atoms with Crippen LogP contribution < -0.4 is 10.3 Å². The van der Waals surface area contributed by atoms with Crippen molar-refractivity contribution < 1.29 is 23.8 Å². The highest BCUT2D eigenvalue weighted by molar-refractivity contribution is 5.87. The van der Waals surface area contributed by atoms with Gasteiger partial charge < -0.3 is 18.8 Å². The van der Waals surface area contributed by atoms with Gasteiger partial charge in [0.15, 0.2) is 0 Å². The van der Waals surface area contributed by atoms with Gasteiger partial charge in [0.05, 0.1) is 12.6 Å². The summed E-state index contributed by atoms with van der Waals surface area (Å²) in [4.78, 5) is 36.6. The number of ether oxygens (including phenoxy) is 3. The summed E-state index contributed by atoms with van der Waals surface area (Å²) >= 11 is 0. The topological polar surface area (TPSA) is 83.8 Å². The summed E-state index contributed by atoms with van der Waals surface area (Å²) in [5, 5.41) is 0.696. The van der Waals surface area contributed by atoms with Crippen LogP contribution in [0.15, 0.2) is 23.0 Å². The zero-order valence-electron chi connectivity index (χ0n) is 17.7. The van der Waals surface area contributed by atoms with Crippen LogP contribution in [0.5, 0.6) is 5.75 Å². The first-order valence-corrected chi connectivity index (χ1v) is 9.85. The highest BCUT2D eigenvalue weighted by atomic mass is 16.7. The largest absolute Gasteiger partial charge is 0.495 e. The zero-order chi connectivity index (χ0) is 21.6. The minimum atomic E-state index is -1.47. The maximum Gasteiger partial charge on any atom is 0.305 e. The number of carbonyl (C=O) groups excluding carboxylic acids is 2. The summed E-state index contributed by atoms with van der Waals surface area (Å²) in [5.74, 6) is -1.10. The van der Waals surface area contributed by atoms with E-state index in [1.54, 1.807) is 4.57 Å². The molecule has 0 aliphatic heterocycles. The normalized spacial score (nSPS) is 11.0. The predicted octanol–water partition coefficient (Wildman–Crippen LogP) is 4.02. The number of carbonyl (C=O) groups is 2. The van der Waals surface area contributed by atoms with Crippen molar-refractivity contribution in [1.82, 2.24) is 4.57 Å². The van der Waals surface area contributed by atoms with E-state index in [2.05, 4.69) is 6.92 Å². The molecule has 7 heteroatoms. The molecule has 0 radical (unpaired) electrons. The Morgan fingerprint density at radius 2 is 1.72 bits per heavy atom. The lowest BCUT2D eigenvalue weighted by molar-refractivity contribution is -0.187. The van der Waals surface area contributed by atoms with E-state index in [9.17, 15) is 14.4 Å². The average molecular weight is 403 g/mol. The number of rotatable bonds is 9. The summed E-state index contributed by atoms with van der Waals surface area (Å²) in [7, 11) is 1.43. The first kappa shape index (κ1) is 22.5. The molecular weight excluding hydrogens is 374 g/mol. The molecule has 0 fully saturated rings. The van der Waals surface area contributed by atoms with Crippen LogP contribution in [0.2, 0.25) is 0 Å². The monoisotopic (exact) mass is 403 g/mol. The Bertz CT molecular complexity index is 930. The average Bonchev–Trinajstić information content (AvgIpc) is 2.64. The van der Waals surface area contributed by atoms with Gasteiger partial charge in [-0.05, 0) is 25.5 Å². The highest BCUT2D eigenvalue weighted by Crippen LogP contribution is 2.34. The van der Waals surface area contributed by atoms with Gasteiger partial charge in [-0.15, -0.1) is 0 Å². The second-order valence-electron chi connectivity index (χ2n) is 7.04. The summed E-state index contributed by atoms with van der Waals surface area (Å²) in [6.07, 6.45) is 2.52. The fraction of sp³-hybridized carbons (Fsp3) is 0.500. The zero-order valence-corrected chi connectivity index (χ0v) is 17.7. The van der Waals surface area contributed by atoms with Crippen molar-refractivity contribution in [2.75, 3.05) is 7.11 Å². The number of methoxy groups -OCH3 is 1. The van der Waals surface area contributed by atoms with Crippen LogP contribution in [0, 0.1) is 6.92 Å². The third-order valence-electron chi connectivity index (χ3n) is 4.63. The van der Waals surface area contributed by atoms with Crippen molar-refractivity contribution >= 4 is 22.8 Å². The molecule has 0 saturated heterocycles. The minimum Gasteiger partial charge on any atom is -0.495 e. The van der Waals surface area contributed by atoms with Crippen molar-refractivity contribution in [3.05, 3.63) is 39.7 Å². The second-order valence-corrected chi connectivity index (χ2v) is 7.04. The highest BCUT2D eigenvalue weighted by Gasteiger charge is 2.29. The summed E-state index contributed by atoms with van der Waals surface area (Å²) in [6.45, 7) is 6.95. The number of fused-ring (bicyclic) bond motifs is 1. The predicted molar refractivity (Wildman–Crippen MR) is 110 cm³/mol. The molecule has 1 aromatic carbocycles. The number of aryl methyl sites for hydroxylation is 2. The van der Waals surface area contributed by atoms with Crippen LogP contribution in [0.4, 0.5) is 0 Å². The second kappa shape index (κ2) is 10.1. The molecule has 0 spiro atoms. The van der Waals surface area contributed by atoms with Crippen molar-refractivity contribution in [2.45, 2.75) is 66.2 Å². The van der Waals surface area contributed by atoms with E-state index in [0.717, 1.165) is 36.8 Å². The number of nitrogens with zero attached hydrogens (tertiary/aromatic N) is 1. The molecule has 0 saturated carbocycles. The molecule has 0 amide bonds. The van der Waals surface area contributed by atoms with Gasteiger partial charge in [0.2, 0.25) is 0 Å². The number of hydrogen-bond acceptors (Lipinski definition) is 6. The van der Waals surface area contributed by atoms with Crippen LogP contribution in [-0.4, -0.2) is 23.6 Å². The molecule has 0 atom stereocenters. The summed E-state index contributed by atoms with van der Waals surface area (Å²) in [5.41, 5.74) is 1.31. The molecule has 1 aromatic heterocycles. The number of benzene rings is 1. The van der Waals surface area contributed by atoms with Crippen LogP contribution in [0.25, 0.3) is 10.9 Å². The molecule has 7 nitrogen and oxygen atoms in total. The van der Waals surface area contributed by atoms with Gasteiger partial charge in [-0.25, -0.2) is 0 Å². The Balaban J connectivity index is 2.74. The standard InChI is InChI=1S/C22H29NO6/c1-6-7-8-9-12-23-18-11-10-14(2)13-17(18)20(27-5)19(21(23)26)22(28-15(3)24)29-16(4)25/h10-11,13,22H,6-9,12H2,1-5H3. The molecule has 0 aliphatic rings. The van der Waals surface area contributed by atoms with E-state index in [4.69, 9.17) is 14.2 Å². The molecule has 0 N–H and O–H groups in total. The van der Waals surface area contributed by atoms with Gasteiger partial charge in [0.1, 0.15) is 11.3 Å². The molecule has 2 aromatic rings. The van der Waals surface area contributed by atoms with E-state index < -0.39 is 23.8 Å². The Labute approximate surface area is 170 Å². The fourth-order valence-corrected chi connectivity index (χ4v) is 3.35. The quantitative estimate of drug-likeness (QED) is 0.357. The van der Waals surface area contributed by atoms with E-state index in [0.29, 0.717) is 11.9 Å². The molecular formula is C22H29NO6. The van der Waals surface area contributed by atoms with Crippen LogP contribution in [-0.2, 0) is 25.6 Å². The van der Waals surface area contributed by atoms with Crippen LogP contribution in [0.3, 0.4) is 0 Å². The van der Waals surface area contributed by atoms with Gasteiger partial charge in [0.25, 0.3) is 11.8 Å². The van der Waals surface area contributed by atoms with Crippen molar-refractivity contribution in [1.29, 1.82) is 0 Å². The van der Waals surface area contributed by atoms with Crippen molar-refractivity contribution in [2.24, 2.45) is 0 Å². The van der Waals surface area contributed by atoms with E-state index in [1.165, 1.54) is 21.0 Å². The van der Waals surface area contributed by atoms with Crippen molar-refractivity contribution in [3.63, 3.8) is 0 Å². The number of unbranched alkanes of at least 4 members (excludes halogenated alkanes) is 3. The van der Waals surface area contributed by atoms with Crippen LogP contribution in [0.1, 0.15) is 63.9 Å². The van der Waals surface area contributed by atoms with Gasteiger partial charge in [-0.3, -0.25) is 14.4 Å². The number of aromatic nitrogens is 1. The molecule has 158 valence electrons. The summed E-state index contributed by atoms with van der Waals surface area (Å²) < 4.78 is 17.5. The first-order valence-electron chi connectivity index (χ1n) is 9.85. The lowest BCUT2D eigenvalue weighted by Crippen LogP contribution is -2.30. The third-order valence-corrected chi connectivity index (χ3v) is 4.63. The molecule has 29 heavy (non-hydrogen) atoms.